The monoisotopic (exact) mass is 363 g/mol. The van der Waals surface area contributed by atoms with Crippen molar-refractivity contribution in [3.05, 3.63) is 47.1 Å². The largest absolute Gasteiger partial charge is 0.497 e. The average Bonchev–Trinajstić information content (AvgIpc) is 3.05. The summed E-state index contributed by atoms with van der Waals surface area (Å²) < 4.78 is 24.0. The molecular formula is C18H22FN3O4. The molecule has 1 aliphatic rings. The number of piperidine rings is 1. The number of aromatic nitrogens is 1. The van der Waals surface area contributed by atoms with Gasteiger partial charge in [0.2, 0.25) is 0 Å². The molecule has 0 radical (unpaired) electrons. The highest BCUT2D eigenvalue weighted by Gasteiger charge is 2.30. The highest BCUT2D eigenvalue weighted by Crippen LogP contribution is 2.20. The summed E-state index contributed by atoms with van der Waals surface area (Å²) in [5.41, 5.74) is 0.732. The summed E-state index contributed by atoms with van der Waals surface area (Å²) in [5.74, 6) is 0.305. The first-order valence-corrected chi connectivity index (χ1v) is 8.43. The van der Waals surface area contributed by atoms with Gasteiger partial charge in [0.25, 0.3) is 5.91 Å². The average molecular weight is 363 g/mol. The number of hydrogen-bond acceptors (Lipinski definition) is 6. The van der Waals surface area contributed by atoms with E-state index in [-0.39, 0.29) is 23.5 Å². The van der Waals surface area contributed by atoms with Gasteiger partial charge in [-0.05, 0) is 19.4 Å². The molecule has 1 aromatic heterocycles. The van der Waals surface area contributed by atoms with Gasteiger partial charge in [0.1, 0.15) is 17.3 Å². The molecule has 8 heteroatoms. The van der Waals surface area contributed by atoms with E-state index in [1.54, 1.807) is 25.1 Å². The highest BCUT2D eigenvalue weighted by molar-refractivity contribution is 5.92. The molecule has 7 nitrogen and oxygen atoms in total. The number of carbonyl (C=O) groups is 1. The van der Waals surface area contributed by atoms with Crippen molar-refractivity contribution in [1.29, 1.82) is 0 Å². The number of halogens is 1. The fourth-order valence-electron chi connectivity index (χ4n) is 3.05. The van der Waals surface area contributed by atoms with Crippen molar-refractivity contribution < 1.29 is 23.6 Å². The molecule has 0 aliphatic carbocycles. The van der Waals surface area contributed by atoms with Gasteiger partial charge in [0.05, 0.1) is 19.3 Å². The molecule has 0 spiro atoms. The van der Waals surface area contributed by atoms with Gasteiger partial charge in [-0.15, -0.1) is 0 Å². The normalized spacial score (nSPS) is 20.8. The summed E-state index contributed by atoms with van der Waals surface area (Å²) in [6.45, 7) is 3.06. The minimum atomic E-state index is -0.748. The van der Waals surface area contributed by atoms with E-state index >= 15 is 0 Å². The van der Waals surface area contributed by atoms with Gasteiger partial charge in [-0.25, -0.2) is 4.39 Å². The number of methoxy groups -OCH3 is 1. The highest BCUT2D eigenvalue weighted by atomic mass is 19.1. The zero-order valence-electron chi connectivity index (χ0n) is 14.7. The predicted octanol–water partition coefficient (Wildman–Crippen LogP) is 1.50. The predicted molar refractivity (Wildman–Crippen MR) is 91.3 cm³/mol. The summed E-state index contributed by atoms with van der Waals surface area (Å²) in [7, 11) is 1.49. The number of carbonyl (C=O) groups excluding carboxylic acids is 1. The molecule has 2 aromatic rings. The van der Waals surface area contributed by atoms with Crippen molar-refractivity contribution >= 4 is 5.91 Å². The summed E-state index contributed by atoms with van der Waals surface area (Å²) in [5, 5.41) is 16.8. The summed E-state index contributed by atoms with van der Waals surface area (Å²) in [4.78, 5) is 14.1. The number of nitrogens with one attached hydrogen (secondary N) is 1. The van der Waals surface area contributed by atoms with Gasteiger partial charge in [-0.1, -0.05) is 11.2 Å². The third kappa shape index (κ3) is 4.20. The molecule has 1 amide bonds. The van der Waals surface area contributed by atoms with Crippen LogP contribution in [0.2, 0.25) is 0 Å². The Balaban J connectivity index is 1.55. The van der Waals surface area contributed by atoms with E-state index in [1.807, 2.05) is 4.90 Å². The molecule has 0 bridgehead atoms. The number of amides is 1. The molecule has 2 atom stereocenters. The number of nitrogens with zero attached hydrogens (tertiary/aromatic N) is 2. The molecule has 1 aliphatic heterocycles. The summed E-state index contributed by atoms with van der Waals surface area (Å²) >= 11 is 0. The lowest BCUT2D eigenvalue weighted by molar-refractivity contribution is 0.0344. The van der Waals surface area contributed by atoms with Crippen LogP contribution in [0.3, 0.4) is 0 Å². The number of benzene rings is 1. The molecule has 1 saturated heterocycles. The van der Waals surface area contributed by atoms with E-state index in [0.717, 1.165) is 0 Å². The van der Waals surface area contributed by atoms with Crippen LogP contribution in [0, 0.1) is 12.7 Å². The van der Waals surface area contributed by atoms with Crippen molar-refractivity contribution in [1.82, 2.24) is 15.4 Å². The third-order valence-electron chi connectivity index (χ3n) is 4.50. The van der Waals surface area contributed by atoms with Crippen LogP contribution < -0.4 is 10.1 Å². The van der Waals surface area contributed by atoms with E-state index in [4.69, 9.17) is 9.26 Å². The van der Waals surface area contributed by atoms with E-state index in [0.29, 0.717) is 43.1 Å². The maximum absolute atomic E-state index is 14.1. The molecule has 0 unspecified atom stereocenters. The van der Waals surface area contributed by atoms with Crippen molar-refractivity contribution in [2.45, 2.75) is 32.0 Å². The van der Waals surface area contributed by atoms with Gasteiger partial charge >= 0.3 is 0 Å². The third-order valence-corrected chi connectivity index (χ3v) is 4.50. The Hall–Kier alpha value is -2.45. The number of aliphatic hydroxyl groups is 1. The lowest BCUT2D eigenvalue weighted by Crippen LogP contribution is -2.53. The first kappa shape index (κ1) is 18.3. The Bertz CT molecular complexity index is 780. The van der Waals surface area contributed by atoms with Crippen molar-refractivity contribution in [2.75, 3.05) is 20.2 Å². The van der Waals surface area contributed by atoms with Gasteiger partial charge in [-0.2, -0.15) is 0 Å². The van der Waals surface area contributed by atoms with Crippen LogP contribution in [0.15, 0.2) is 28.8 Å². The van der Waals surface area contributed by atoms with Crippen LogP contribution >= 0.6 is 0 Å². The van der Waals surface area contributed by atoms with Crippen LogP contribution in [-0.4, -0.2) is 53.4 Å². The number of rotatable bonds is 5. The van der Waals surface area contributed by atoms with Crippen molar-refractivity contribution in [3.8, 4) is 5.75 Å². The Labute approximate surface area is 150 Å². The van der Waals surface area contributed by atoms with E-state index in [2.05, 4.69) is 10.5 Å². The lowest BCUT2D eigenvalue weighted by atomic mass is 10.0. The molecule has 26 heavy (non-hydrogen) atoms. The van der Waals surface area contributed by atoms with Crippen LogP contribution in [0.5, 0.6) is 5.75 Å². The topological polar surface area (TPSA) is 87.8 Å². The fourth-order valence-corrected chi connectivity index (χ4v) is 3.05. The lowest BCUT2D eigenvalue weighted by Gasteiger charge is -2.36. The zero-order valence-corrected chi connectivity index (χ0v) is 14.7. The smallest absolute Gasteiger partial charge is 0.273 e. The second-order valence-electron chi connectivity index (χ2n) is 6.45. The van der Waals surface area contributed by atoms with Gasteiger partial charge in [0, 0.05) is 37.3 Å². The zero-order chi connectivity index (χ0) is 18.7. The number of hydrogen-bond donors (Lipinski definition) is 2. The molecule has 0 saturated carbocycles. The Morgan fingerprint density at radius 3 is 2.92 bits per heavy atom. The number of aliphatic hydroxyl groups excluding tert-OH is 1. The summed E-state index contributed by atoms with van der Waals surface area (Å²) in [6, 6.07) is 5.90. The Morgan fingerprint density at radius 2 is 2.31 bits per heavy atom. The Morgan fingerprint density at radius 1 is 1.50 bits per heavy atom. The molecule has 2 heterocycles. The van der Waals surface area contributed by atoms with Crippen molar-refractivity contribution in [2.24, 2.45) is 0 Å². The second kappa shape index (κ2) is 7.84. The molecule has 1 fully saturated rings. The van der Waals surface area contributed by atoms with Crippen LogP contribution in [0.1, 0.15) is 28.2 Å². The van der Waals surface area contributed by atoms with Gasteiger partial charge in [-0.3, -0.25) is 9.69 Å². The van der Waals surface area contributed by atoms with Crippen LogP contribution in [0.4, 0.5) is 4.39 Å². The SMILES string of the molecule is COc1ccc(CN2CC[C@@H](NC(=O)c3cc(C)on3)[C@H](O)C2)c(F)c1. The van der Waals surface area contributed by atoms with E-state index < -0.39 is 6.10 Å². The number of aryl methyl sites for hydroxylation is 1. The van der Waals surface area contributed by atoms with E-state index in [1.165, 1.54) is 13.2 Å². The maximum Gasteiger partial charge on any atom is 0.273 e. The van der Waals surface area contributed by atoms with Crippen LogP contribution in [-0.2, 0) is 6.54 Å². The number of β-amino-alcohol motifs (C(OH)–C–C–N with tert-alkyl or cyclic N) is 1. The minimum Gasteiger partial charge on any atom is -0.497 e. The minimum absolute atomic E-state index is 0.192. The number of likely N-dealkylation sites (tertiary alicyclic amines) is 1. The first-order chi connectivity index (χ1) is 12.5. The summed E-state index contributed by atoms with van der Waals surface area (Å²) in [6.07, 6.45) is -0.191. The maximum atomic E-state index is 14.1. The molecule has 2 N–H and O–H groups in total. The van der Waals surface area contributed by atoms with E-state index in [9.17, 15) is 14.3 Å². The molecular weight excluding hydrogens is 341 g/mol. The standard InChI is InChI=1S/C18H22FN3O4/c1-11-7-16(21-26-11)18(24)20-15-5-6-22(10-17(15)23)9-12-3-4-13(25-2)8-14(12)19/h3-4,7-8,15,17,23H,5-6,9-10H2,1-2H3,(H,20,24)/t15-,17-/m1/s1. The molecule has 3 rings (SSSR count). The number of ether oxygens (including phenoxy) is 1. The van der Waals surface area contributed by atoms with Crippen molar-refractivity contribution in [3.63, 3.8) is 0 Å². The quantitative estimate of drug-likeness (QED) is 0.837. The van der Waals surface area contributed by atoms with Gasteiger partial charge < -0.3 is 19.7 Å². The molecule has 1 aromatic carbocycles. The van der Waals surface area contributed by atoms with Crippen LogP contribution in [0.25, 0.3) is 0 Å². The fraction of sp³-hybridized carbons (Fsp3) is 0.444. The molecule has 140 valence electrons. The van der Waals surface area contributed by atoms with Gasteiger partial charge in [0.15, 0.2) is 5.69 Å². The first-order valence-electron chi connectivity index (χ1n) is 8.43. The second-order valence-corrected chi connectivity index (χ2v) is 6.45. The Kier molecular flexibility index (Phi) is 5.53.